The molecule has 0 saturated carbocycles. The summed E-state index contributed by atoms with van der Waals surface area (Å²) < 4.78 is 5.16. The maximum Gasteiger partial charge on any atom is 0.220 e. The Morgan fingerprint density at radius 3 is 2.90 bits per heavy atom. The summed E-state index contributed by atoms with van der Waals surface area (Å²) in [6.45, 7) is 1.74. The van der Waals surface area contributed by atoms with Crippen molar-refractivity contribution >= 4 is 5.91 Å². The minimum atomic E-state index is -1.19. The fraction of sp³-hybridized carbons (Fsp3) is 0.375. The van der Waals surface area contributed by atoms with Gasteiger partial charge in [0.15, 0.2) is 0 Å². The number of hydrogen-bond donors (Lipinski definition) is 2. The van der Waals surface area contributed by atoms with E-state index in [0.29, 0.717) is 12.2 Å². The van der Waals surface area contributed by atoms with Crippen LogP contribution in [0.4, 0.5) is 0 Å². The van der Waals surface area contributed by atoms with E-state index in [2.05, 4.69) is 10.3 Å². The Morgan fingerprint density at radius 2 is 2.24 bits per heavy atom. The first-order chi connectivity index (χ1) is 10.1. The van der Waals surface area contributed by atoms with Crippen molar-refractivity contribution < 1.29 is 14.3 Å². The van der Waals surface area contributed by atoms with Crippen molar-refractivity contribution in [1.82, 2.24) is 10.3 Å². The molecule has 1 atom stereocenters. The van der Waals surface area contributed by atoms with Gasteiger partial charge >= 0.3 is 0 Å². The highest BCUT2D eigenvalue weighted by molar-refractivity contribution is 5.75. The van der Waals surface area contributed by atoms with Crippen molar-refractivity contribution in [3.8, 4) is 0 Å². The molecule has 1 amide bonds. The van der Waals surface area contributed by atoms with Crippen molar-refractivity contribution in [2.45, 2.75) is 31.8 Å². The number of carbonyl (C=O) groups excluding carboxylic acids is 1. The van der Waals surface area contributed by atoms with E-state index in [1.807, 2.05) is 18.2 Å². The molecule has 2 aromatic heterocycles. The number of nitrogens with one attached hydrogen (secondary N) is 1. The van der Waals surface area contributed by atoms with Crippen LogP contribution in [0.3, 0.4) is 0 Å². The summed E-state index contributed by atoms with van der Waals surface area (Å²) >= 11 is 0. The third kappa shape index (κ3) is 4.72. The molecule has 2 heterocycles. The molecule has 0 aromatic carbocycles. The predicted molar refractivity (Wildman–Crippen MR) is 78.5 cm³/mol. The first kappa shape index (κ1) is 15.3. The Labute approximate surface area is 124 Å². The molecular weight excluding hydrogens is 268 g/mol. The van der Waals surface area contributed by atoms with E-state index in [9.17, 15) is 9.90 Å². The molecule has 0 aliphatic heterocycles. The molecule has 21 heavy (non-hydrogen) atoms. The average Bonchev–Trinajstić information content (AvgIpc) is 3.01. The highest BCUT2D eigenvalue weighted by Crippen LogP contribution is 2.19. The monoisotopic (exact) mass is 288 g/mol. The number of nitrogens with zero attached hydrogens (tertiary/aromatic N) is 1. The Bertz CT molecular complexity index is 550. The molecule has 0 fully saturated rings. The number of hydrogen-bond acceptors (Lipinski definition) is 4. The number of aliphatic hydroxyl groups is 1. The van der Waals surface area contributed by atoms with Crippen LogP contribution in [0.1, 0.15) is 31.2 Å². The maximum atomic E-state index is 11.8. The first-order valence-electron chi connectivity index (χ1n) is 7.01. The van der Waals surface area contributed by atoms with Crippen LogP contribution in [0.2, 0.25) is 0 Å². The van der Waals surface area contributed by atoms with Crippen LogP contribution in [0.15, 0.2) is 47.2 Å². The van der Waals surface area contributed by atoms with Crippen LogP contribution in [-0.4, -0.2) is 22.5 Å². The fourth-order valence-electron chi connectivity index (χ4n) is 2.01. The Balaban J connectivity index is 1.70. The van der Waals surface area contributed by atoms with Gasteiger partial charge in [-0.25, -0.2) is 0 Å². The highest BCUT2D eigenvalue weighted by Gasteiger charge is 2.26. The molecule has 2 rings (SSSR count). The molecule has 112 valence electrons. The van der Waals surface area contributed by atoms with E-state index in [1.54, 1.807) is 25.3 Å². The fourth-order valence-corrected chi connectivity index (χ4v) is 2.01. The largest absolute Gasteiger partial charge is 0.466 e. The van der Waals surface area contributed by atoms with Crippen molar-refractivity contribution in [2.75, 3.05) is 6.54 Å². The first-order valence-corrected chi connectivity index (χ1v) is 7.01. The molecule has 0 saturated heterocycles. The predicted octanol–water partition coefficient (Wildman–Crippen LogP) is 2.02. The molecule has 0 aliphatic carbocycles. The average molecular weight is 288 g/mol. The van der Waals surface area contributed by atoms with E-state index >= 15 is 0 Å². The number of aryl methyl sites for hydroxylation is 1. The van der Waals surface area contributed by atoms with Gasteiger partial charge in [-0.3, -0.25) is 9.78 Å². The lowest BCUT2D eigenvalue weighted by Gasteiger charge is -2.21. The molecule has 0 bridgehead atoms. The topological polar surface area (TPSA) is 75.4 Å². The lowest BCUT2D eigenvalue weighted by atomic mass is 10.0. The van der Waals surface area contributed by atoms with Gasteiger partial charge in [0.25, 0.3) is 0 Å². The number of aromatic nitrogens is 1. The summed E-state index contributed by atoms with van der Waals surface area (Å²) in [5, 5.41) is 12.9. The van der Waals surface area contributed by atoms with Gasteiger partial charge in [0.2, 0.25) is 5.91 Å². The summed E-state index contributed by atoms with van der Waals surface area (Å²) in [4.78, 5) is 16.0. The zero-order valence-electron chi connectivity index (χ0n) is 12.1. The second kappa shape index (κ2) is 7.04. The number of pyridine rings is 1. The van der Waals surface area contributed by atoms with Gasteiger partial charge < -0.3 is 14.8 Å². The van der Waals surface area contributed by atoms with E-state index in [0.717, 1.165) is 18.5 Å². The Morgan fingerprint density at radius 1 is 1.38 bits per heavy atom. The van der Waals surface area contributed by atoms with Gasteiger partial charge in [-0.15, -0.1) is 0 Å². The SMILES string of the molecule is CC(O)(CNC(=O)CCCc1ccccn1)c1ccco1. The van der Waals surface area contributed by atoms with Crippen LogP contribution in [0.5, 0.6) is 0 Å². The molecule has 5 heteroatoms. The molecule has 2 N–H and O–H groups in total. The van der Waals surface area contributed by atoms with Crippen LogP contribution < -0.4 is 5.32 Å². The van der Waals surface area contributed by atoms with E-state index in [-0.39, 0.29) is 12.5 Å². The highest BCUT2D eigenvalue weighted by atomic mass is 16.4. The molecule has 0 spiro atoms. The van der Waals surface area contributed by atoms with Crippen LogP contribution in [0, 0.1) is 0 Å². The van der Waals surface area contributed by atoms with Crippen LogP contribution in [0.25, 0.3) is 0 Å². The molecule has 0 aliphatic rings. The van der Waals surface area contributed by atoms with Crippen molar-refractivity contribution in [3.05, 3.63) is 54.2 Å². The van der Waals surface area contributed by atoms with Crippen molar-refractivity contribution in [3.63, 3.8) is 0 Å². The van der Waals surface area contributed by atoms with E-state index in [1.165, 1.54) is 6.26 Å². The van der Waals surface area contributed by atoms with Crippen LogP contribution in [-0.2, 0) is 16.8 Å². The van der Waals surface area contributed by atoms with Gasteiger partial charge in [-0.1, -0.05) is 6.07 Å². The Kier molecular flexibility index (Phi) is 5.11. The zero-order chi connectivity index (χ0) is 15.1. The van der Waals surface area contributed by atoms with Crippen molar-refractivity contribution in [2.24, 2.45) is 0 Å². The van der Waals surface area contributed by atoms with E-state index < -0.39 is 5.60 Å². The summed E-state index contributed by atoms with van der Waals surface area (Å²) in [6.07, 6.45) is 5.15. The van der Waals surface area contributed by atoms with Crippen molar-refractivity contribution in [1.29, 1.82) is 0 Å². The van der Waals surface area contributed by atoms with Gasteiger partial charge in [-0.2, -0.15) is 0 Å². The summed E-state index contributed by atoms with van der Waals surface area (Å²) in [5.41, 5.74) is -0.215. The van der Waals surface area contributed by atoms with Gasteiger partial charge in [0.1, 0.15) is 11.4 Å². The molecule has 0 radical (unpaired) electrons. The Hall–Kier alpha value is -2.14. The number of rotatable bonds is 7. The number of carbonyl (C=O) groups is 1. The second-order valence-electron chi connectivity index (χ2n) is 5.20. The summed E-state index contributed by atoms with van der Waals surface area (Å²) in [5.74, 6) is 0.356. The minimum Gasteiger partial charge on any atom is -0.466 e. The summed E-state index contributed by atoms with van der Waals surface area (Å²) in [7, 11) is 0. The minimum absolute atomic E-state index is 0.0854. The smallest absolute Gasteiger partial charge is 0.220 e. The molecular formula is C16H20N2O3. The third-order valence-corrected chi connectivity index (χ3v) is 3.24. The lowest BCUT2D eigenvalue weighted by molar-refractivity contribution is -0.122. The zero-order valence-corrected chi connectivity index (χ0v) is 12.1. The van der Waals surface area contributed by atoms with Gasteiger partial charge in [0, 0.05) is 18.3 Å². The number of amides is 1. The third-order valence-electron chi connectivity index (χ3n) is 3.24. The second-order valence-corrected chi connectivity index (χ2v) is 5.20. The summed E-state index contributed by atoms with van der Waals surface area (Å²) in [6, 6.07) is 9.14. The number of furan rings is 1. The maximum absolute atomic E-state index is 11.8. The quantitative estimate of drug-likeness (QED) is 0.817. The molecule has 2 aromatic rings. The standard InChI is InChI=1S/C16H20N2O3/c1-16(20,14-8-5-11-21-14)12-18-15(19)9-4-7-13-6-2-3-10-17-13/h2-3,5-6,8,10-11,20H,4,7,9,12H2,1H3,(H,18,19). The van der Waals surface area contributed by atoms with E-state index in [4.69, 9.17) is 4.42 Å². The van der Waals surface area contributed by atoms with Crippen LogP contribution >= 0.6 is 0 Å². The van der Waals surface area contributed by atoms with Gasteiger partial charge in [-0.05, 0) is 44.0 Å². The lowest BCUT2D eigenvalue weighted by Crippen LogP contribution is -2.38. The van der Waals surface area contributed by atoms with Gasteiger partial charge in [0.05, 0.1) is 12.8 Å². The molecule has 1 unspecified atom stereocenters. The normalized spacial score (nSPS) is 13.6. The molecule has 5 nitrogen and oxygen atoms in total.